The zero-order valence-electron chi connectivity index (χ0n) is 49.3. The lowest BCUT2D eigenvalue weighted by molar-refractivity contribution is -0.161. The van der Waals surface area contributed by atoms with Crippen LogP contribution in [-0.2, 0) is 42.2 Å². The predicted molar refractivity (Wildman–Crippen MR) is 325 cm³/mol. The van der Waals surface area contributed by atoms with Crippen molar-refractivity contribution in [3.63, 3.8) is 0 Å². The Morgan fingerprint density at radius 2 is 0.692 bits per heavy atom. The molecule has 3 unspecified atom stereocenters. The molecule has 78 heavy (non-hydrogen) atoms. The van der Waals surface area contributed by atoms with Gasteiger partial charge in [-0.25, -0.2) is 4.57 Å². The SMILES string of the molecule is CC/C=C\C/C=C\C/C=C\C/C=C\C/C=C\C/C=C\CCC(=O)OC(COC(=O)CCCCCCCCC/C=C\CCCCCCCC)COP(=O)(O)OCC(CO)OC(=O)CCCCCCC/C=C\C/C=C\CCCCC. The molecular weight excluding hydrogens is 1000 g/mol. The van der Waals surface area contributed by atoms with Gasteiger partial charge in [0, 0.05) is 19.3 Å². The maximum atomic E-state index is 12.9. The molecule has 0 saturated carbocycles. The number of rotatable bonds is 56. The first-order chi connectivity index (χ1) is 38.2. The number of carbonyl (C=O) groups is 3. The molecule has 0 aliphatic rings. The molecule has 0 aliphatic carbocycles. The van der Waals surface area contributed by atoms with E-state index in [0.29, 0.717) is 25.7 Å². The van der Waals surface area contributed by atoms with Crippen molar-refractivity contribution in [2.45, 2.75) is 264 Å². The van der Waals surface area contributed by atoms with Gasteiger partial charge in [-0.3, -0.25) is 23.4 Å². The zero-order chi connectivity index (χ0) is 56.9. The van der Waals surface area contributed by atoms with E-state index < -0.39 is 57.8 Å². The highest BCUT2D eigenvalue weighted by molar-refractivity contribution is 7.47. The topological polar surface area (TPSA) is 155 Å². The molecule has 0 bridgehead atoms. The van der Waals surface area contributed by atoms with Crippen molar-refractivity contribution in [2.24, 2.45) is 0 Å². The fraction of sp³-hybridized carbons (Fsp3) is 0.682. The van der Waals surface area contributed by atoms with Gasteiger partial charge in [-0.2, -0.15) is 0 Å². The van der Waals surface area contributed by atoms with Gasteiger partial charge >= 0.3 is 25.7 Å². The average molecular weight is 1110 g/mol. The van der Waals surface area contributed by atoms with E-state index >= 15 is 0 Å². The Labute approximate surface area is 475 Å². The van der Waals surface area contributed by atoms with Gasteiger partial charge in [-0.1, -0.05) is 226 Å². The number of phosphoric acid groups is 1. The van der Waals surface area contributed by atoms with Crippen molar-refractivity contribution < 1.29 is 52.2 Å². The number of phosphoric ester groups is 1. The van der Waals surface area contributed by atoms with E-state index in [-0.39, 0.29) is 25.9 Å². The number of unbranched alkanes of at least 4 members (excludes halogenated alkanes) is 21. The first kappa shape index (κ1) is 74.1. The van der Waals surface area contributed by atoms with Crippen LogP contribution >= 0.6 is 7.82 Å². The van der Waals surface area contributed by atoms with Gasteiger partial charge < -0.3 is 24.2 Å². The van der Waals surface area contributed by atoms with E-state index in [0.717, 1.165) is 103 Å². The lowest BCUT2D eigenvalue weighted by Gasteiger charge is -2.21. The average Bonchev–Trinajstić information content (AvgIpc) is 3.43. The van der Waals surface area contributed by atoms with Crippen LogP contribution in [0.25, 0.3) is 0 Å². The highest BCUT2D eigenvalue weighted by Crippen LogP contribution is 2.43. The molecule has 0 saturated heterocycles. The molecule has 0 radical (unpaired) electrons. The summed E-state index contributed by atoms with van der Waals surface area (Å²) in [5.74, 6) is -1.59. The molecule has 0 aliphatic heterocycles. The molecule has 2 N–H and O–H groups in total. The van der Waals surface area contributed by atoms with E-state index in [9.17, 15) is 28.9 Å². The van der Waals surface area contributed by atoms with Crippen LogP contribution in [0.15, 0.2) is 109 Å². The fourth-order valence-electron chi connectivity index (χ4n) is 7.99. The second kappa shape index (κ2) is 59.3. The monoisotopic (exact) mass is 1110 g/mol. The summed E-state index contributed by atoms with van der Waals surface area (Å²) in [6.45, 7) is 4.40. The van der Waals surface area contributed by atoms with E-state index in [1.165, 1.54) is 83.5 Å². The minimum Gasteiger partial charge on any atom is -0.462 e. The molecule has 0 spiro atoms. The smallest absolute Gasteiger partial charge is 0.462 e. The molecule has 0 rings (SSSR count). The van der Waals surface area contributed by atoms with Gasteiger partial charge in [-0.15, -0.1) is 0 Å². The Morgan fingerprint density at radius 3 is 1.14 bits per heavy atom. The van der Waals surface area contributed by atoms with Crippen molar-refractivity contribution in [1.82, 2.24) is 0 Å². The van der Waals surface area contributed by atoms with Gasteiger partial charge in [-0.05, 0) is 116 Å². The Kier molecular flexibility index (Phi) is 56.3. The summed E-state index contributed by atoms with van der Waals surface area (Å²) in [5.41, 5.74) is 0. The lowest BCUT2D eigenvalue weighted by atomic mass is 10.1. The van der Waals surface area contributed by atoms with Crippen molar-refractivity contribution in [3.8, 4) is 0 Å². The Balaban J connectivity index is 4.85. The van der Waals surface area contributed by atoms with Crippen LogP contribution in [0.2, 0.25) is 0 Å². The molecule has 0 heterocycles. The summed E-state index contributed by atoms with van der Waals surface area (Å²) in [5, 5.41) is 9.83. The van der Waals surface area contributed by atoms with E-state index in [4.69, 9.17) is 23.3 Å². The number of aliphatic hydroxyl groups is 1. The van der Waals surface area contributed by atoms with E-state index in [1.807, 2.05) is 12.2 Å². The number of aliphatic hydroxyl groups excluding tert-OH is 1. The summed E-state index contributed by atoms with van der Waals surface area (Å²) in [4.78, 5) is 48.6. The van der Waals surface area contributed by atoms with E-state index in [1.54, 1.807) is 0 Å². The second-order valence-corrected chi connectivity index (χ2v) is 21.6. The minimum atomic E-state index is -4.78. The minimum absolute atomic E-state index is 0.0363. The highest BCUT2D eigenvalue weighted by atomic mass is 31.2. The van der Waals surface area contributed by atoms with Crippen LogP contribution in [0, 0.1) is 0 Å². The molecule has 0 fully saturated rings. The third kappa shape index (κ3) is 56.8. The van der Waals surface area contributed by atoms with Gasteiger partial charge in [0.25, 0.3) is 0 Å². The lowest BCUT2D eigenvalue weighted by Crippen LogP contribution is -2.30. The summed E-state index contributed by atoms with van der Waals surface area (Å²) in [7, 11) is -4.78. The number of hydrogen-bond acceptors (Lipinski definition) is 10. The predicted octanol–water partition coefficient (Wildman–Crippen LogP) is 18.6. The number of carbonyl (C=O) groups excluding carboxylic acids is 3. The van der Waals surface area contributed by atoms with Gasteiger partial charge in [0.1, 0.15) is 12.7 Å². The zero-order valence-corrected chi connectivity index (χ0v) is 50.2. The number of esters is 3. The highest BCUT2D eigenvalue weighted by Gasteiger charge is 2.28. The summed E-state index contributed by atoms with van der Waals surface area (Å²) in [6, 6.07) is 0. The Bertz CT molecular complexity index is 1720. The van der Waals surface area contributed by atoms with Gasteiger partial charge in [0.2, 0.25) is 0 Å². The van der Waals surface area contributed by atoms with Crippen molar-refractivity contribution in [1.29, 1.82) is 0 Å². The Hall–Kier alpha value is -3.86. The molecule has 446 valence electrons. The van der Waals surface area contributed by atoms with Crippen LogP contribution in [0.5, 0.6) is 0 Å². The second-order valence-electron chi connectivity index (χ2n) is 20.1. The van der Waals surface area contributed by atoms with Crippen molar-refractivity contribution in [3.05, 3.63) is 109 Å². The largest absolute Gasteiger partial charge is 0.472 e. The van der Waals surface area contributed by atoms with E-state index in [2.05, 4.69) is 118 Å². The maximum Gasteiger partial charge on any atom is 0.472 e. The fourth-order valence-corrected chi connectivity index (χ4v) is 8.78. The number of hydrogen-bond donors (Lipinski definition) is 2. The van der Waals surface area contributed by atoms with Gasteiger partial charge in [0.15, 0.2) is 6.10 Å². The third-order valence-electron chi connectivity index (χ3n) is 12.7. The van der Waals surface area contributed by atoms with Crippen molar-refractivity contribution >= 4 is 25.7 Å². The molecule has 3 atom stereocenters. The first-order valence-electron chi connectivity index (χ1n) is 30.8. The molecule has 0 amide bonds. The maximum absolute atomic E-state index is 12.9. The third-order valence-corrected chi connectivity index (χ3v) is 13.6. The molecule has 12 heteroatoms. The first-order valence-corrected chi connectivity index (χ1v) is 32.3. The summed E-state index contributed by atoms with van der Waals surface area (Å²) < 4.78 is 39.5. The quantitative estimate of drug-likeness (QED) is 0.0197. The number of ether oxygens (including phenoxy) is 3. The van der Waals surface area contributed by atoms with Crippen LogP contribution < -0.4 is 0 Å². The van der Waals surface area contributed by atoms with Crippen LogP contribution in [0.4, 0.5) is 0 Å². The summed E-state index contributed by atoms with van der Waals surface area (Å²) >= 11 is 0. The molecule has 11 nitrogen and oxygen atoms in total. The molecule has 0 aromatic heterocycles. The van der Waals surface area contributed by atoms with Crippen LogP contribution in [-0.4, -0.2) is 66.5 Å². The molecule has 0 aromatic carbocycles. The molecular formula is C66H111O11P. The Morgan fingerprint density at radius 1 is 0.372 bits per heavy atom. The van der Waals surface area contributed by atoms with Gasteiger partial charge in [0.05, 0.1) is 19.8 Å². The normalized spacial score (nSPS) is 14.1. The number of allylic oxidation sites excluding steroid dienone is 18. The summed E-state index contributed by atoms with van der Waals surface area (Å²) in [6.07, 6.45) is 72.0. The van der Waals surface area contributed by atoms with Crippen LogP contribution in [0.1, 0.15) is 252 Å². The molecule has 0 aromatic rings. The van der Waals surface area contributed by atoms with Crippen molar-refractivity contribution in [2.75, 3.05) is 26.4 Å². The van der Waals surface area contributed by atoms with Crippen LogP contribution in [0.3, 0.4) is 0 Å². The standard InChI is InChI=1S/C66H111O11P/c1-4-7-10-13-16-19-22-25-28-30-31-33-36-39-42-45-48-51-54-57-66(70)77-63(59-73-64(68)55-52-49-46-43-40-37-35-32-29-26-23-20-17-14-11-8-5-2)61-75-78(71,72)74-60-62(58-67)76-65(69)56-53-50-47-44-41-38-34-27-24-21-18-15-12-9-6-3/h7,10,16,18-19,21,25-29,31,33-34,39,42,48,51,62-63,67H,4-6,8-9,11-15,17,20,22-24,30,32,35-38,40-41,43-47,49-50,52-61H2,1-3H3,(H,71,72)/b10-7-,19-16-,21-18-,28-25-,29-26-,33-31-,34-27-,42-39-,51-48-.